The van der Waals surface area contributed by atoms with E-state index >= 15 is 0 Å². The highest BCUT2D eigenvalue weighted by molar-refractivity contribution is 4.78. The number of β-amino-alcohol motifs (C(OH)–C–C–N with tert-alkyl or cyclic N) is 1. The van der Waals surface area contributed by atoms with Crippen molar-refractivity contribution in [1.29, 1.82) is 0 Å². The first kappa shape index (κ1) is 10.4. The van der Waals surface area contributed by atoms with Crippen molar-refractivity contribution in [2.75, 3.05) is 39.3 Å². The minimum absolute atomic E-state index is 0.0879. The van der Waals surface area contributed by atoms with Gasteiger partial charge >= 0.3 is 0 Å². The molecule has 2 fully saturated rings. The average Bonchev–Trinajstić information content (AvgIpc) is 2.72. The molecule has 2 aliphatic heterocycles. The molecule has 0 aromatic heterocycles. The molecule has 0 unspecified atom stereocenters. The zero-order valence-electron chi connectivity index (χ0n) is 8.61. The molecule has 2 heterocycles. The van der Waals surface area contributed by atoms with Crippen LogP contribution in [0.5, 0.6) is 0 Å². The maximum atomic E-state index is 9.91. The van der Waals surface area contributed by atoms with Gasteiger partial charge in [-0.25, -0.2) is 0 Å². The first-order chi connectivity index (χ1) is 6.86. The molecule has 2 atom stereocenters. The predicted molar refractivity (Wildman–Crippen MR) is 54.3 cm³/mol. The van der Waals surface area contributed by atoms with Crippen LogP contribution >= 0.6 is 0 Å². The van der Waals surface area contributed by atoms with Gasteiger partial charge in [-0.05, 0) is 12.8 Å². The average molecular weight is 200 g/mol. The highest BCUT2D eigenvalue weighted by Crippen LogP contribution is 2.16. The van der Waals surface area contributed by atoms with E-state index in [1.54, 1.807) is 0 Å². The minimum atomic E-state index is -0.296. The van der Waals surface area contributed by atoms with Crippen LogP contribution in [0.15, 0.2) is 0 Å². The predicted octanol–water partition coefficient (Wildman–Crippen LogP) is -0.568. The summed E-state index contributed by atoms with van der Waals surface area (Å²) in [7, 11) is 0. The van der Waals surface area contributed by atoms with Crippen LogP contribution in [0.2, 0.25) is 0 Å². The summed E-state index contributed by atoms with van der Waals surface area (Å²) in [5.41, 5.74) is 0. The highest BCUT2D eigenvalue weighted by atomic mass is 16.5. The molecule has 0 aromatic rings. The van der Waals surface area contributed by atoms with Crippen LogP contribution < -0.4 is 5.32 Å². The van der Waals surface area contributed by atoms with Gasteiger partial charge in [0.2, 0.25) is 0 Å². The van der Waals surface area contributed by atoms with Gasteiger partial charge in [0.1, 0.15) is 0 Å². The van der Waals surface area contributed by atoms with Crippen molar-refractivity contribution in [2.45, 2.75) is 25.0 Å². The first-order valence-electron chi connectivity index (χ1n) is 5.59. The van der Waals surface area contributed by atoms with Crippen molar-refractivity contribution in [3.05, 3.63) is 0 Å². The van der Waals surface area contributed by atoms with E-state index in [-0.39, 0.29) is 12.2 Å². The topological polar surface area (TPSA) is 44.7 Å². The summed E-state index contributed by atoms with van der Waals surface area (Å²) in [6.07, 6.45) is 1.91. The maximum Gasteiger partial charge on any atom is 0.0928 e. The number of aliphatic hydroxyl groups is 1. The molecule has 4 nitrogen and oxygen atoms in total. The minimum Gasteiger partial charge on any atom is -0.389 e. The summed E-state index contributed by atoms with van der Waals surface area (Å²) >= 11 is 0. The second kappa shape index (κ2) is 5.07. The molecule has 2 aliphatic rings. The van der Waals surface area contributed by atoms with E-state index in [0.717, 1.165) is 52.2 Å². The summed E-state index contributed by atoms with van der Waals surface area (Å²) in [6, 6.07) is 0. The van der Waals surface area contributed by atoms with Crippen LogP contribution in [0, 0.1) is 0 Å². The number of hydrogen-bond acceptors (Lipinski definition) is 4. The molecule has 0 saturated carbocycles. The fourth-order valence-electron chi connectivity index (χ4n) is 2.18. The number of aliphatic hydroxyl groups excluding tert-OH is 1. The smallest absolute Gasteiger partial charge is 0.0928 e. The Morgan fingerprint density at radius 3 is 2.86 bits per heavy atom. The summed E-state index contributed by atoms with van der Waals surface area (Å²) in [6.45, 7) is 5.76. The fourth-order valence-corrected chi connectivity index (χ4v) is 2.18. The largest absolute Gasteiger partial charge is 0.389 e. The SMILES string of the molecule is O[C@@H](CN1CCNCC1)[C@@H]1CCCO1. The van der Waals surface area contributed by atoms with Crippen LogP contribution in [0.3, 0.4) is 0 Å². The second-order valence-corrected chi connectivity index (χ2v) is 4.17. The third-order valence-electron chi connectivity index (χ3n) is 3.05. The van der Waals surface area contributed by atoms with Gasteiger partial charge in [-0.2, -0.15) is 0 Å². The Labute approximate surface area is 85.2 Å². The van der Waals surface area contributed by atoms with Crippen molar-refractivity contribution in [3.8, 4) is 0 Å². The summed E-state index contributed by atoms with van der Waals surface area (Å²) < 4.78 is 5.46. The van der Waals surface area contributed by atoms with E-state index in [1.807, 2.05) is 0 Å². The quantitative estimate of drug-likeness (QED) is 0.640. The lowest BCUT2D eigenvalue weighted by atomic mass is 10.1. The molecule has 2 N–H and O–H groups in total. The molecule has 0 aromatic carbocycles. The molecular formula is C10H20N2O2. The van der Waals surface area contributed by atoms with Crippen molar-refractivity contribution < 1.29 is 9.84 Å². The maximum absolute atomic E-state index is 9.91. The molecular weight excluding hydrogens is 180 g/mol. The number of ether oxygens (including phenoxy) is 1. The Morgan fingerprint density at radius 1 is 1.43 bits per heavy atom. The van der Waals surface area contributed by atoms with Gasteiger partial charge in [0.15, 0.2) is 0 Å². The van der Waals surface area contributed by atoms with Crippen LogP contribution in [-0.2, 0) is 4.74 Å². The third-order valence-corrected chi connectivity index (χ3v) is 3.05. The highest BCUT2D eigenvalue weighted by Gasteiger charge is 2.26. The van der Waals surface area contributed by atoms with Gasteiger partial charge in [0, 0.05) is 39.3 Å². The van der Waals surface area contributed by atoms with Crippen LogP contribution in [0.4, 0.5) is 0 Å². The van der Waals surface area contributed by atoms with Crippen LogP contribution in [-0.4, -0.2) is 61.5 Å². The van der Waals surface area contributed by atoms with Gasteiger partial charge in [0.05, 0.1) is 12.2 Å². The zero-order valence-corrected chi connectivity index (χ0v) is 8.61. The Hall–Kier alpha value is -0.160. The molecule has 2 rings (SSSR count). The Balaban J connectivity index is 1.72. The summed E-state index contributed by atoms with van der Waals surface area (Å²) in [5, 5.41) is 13.2. The normalized spacial score (nSPS) is 31.9. The van der Waals surface area contributed by atoms with E-state index < -0.39 is 0 Å². The number of piperazine rings is 1. The monoisotopic (exact) mass is 200 g/mol. The standard InChI is InChI=1S/C10H20N2O2/c13-9(10-2-1-7-14-10)8-12-5-3-11-4-6-12/h9-11,13H,1-8H2/t9-,10-/m0/s1. The Morgan fingerprint density at radius 2 is 2.21 bits per heavy atom. The van der Waals surface area contributed by atoms with E-state index in [2.05, 4.69) is 10.2 Å². The number of nitrogens with zero attached hydrogens (tertiary/aromatic N) is 1. The number of rotatable bonds is 3. The van der Waals surface area contributed by atoms with Crippen molar-refractivity contribution in [1.82, 2.24) is 10.2 Å². The molecule has 82 valence electrons. The van der Waals surface area contributed by atoms with Crippen molar-refractivity contribution in [3.63, 3.8) is 0 Å². The van der Waals surface area contributed by atoms with Gasteiger partial charge in [0.25, 0.3) is 0 Å². The van der Waals surface area contributed by atoms with E-state index in [1.165, 1.54) is 0 Å². The van der Waals surface area contributed by atoms with E-state index in [9.17, 15) is 5.11 Å². The summed E-state index contributed by atoms with van der Waals surface area (Å²) in [5.74, 6) is 0. The van der Waals surface area contributed by atoms with E-state index in [4.69, 9.17) is 4.74 Å². The van der Waals surface area contributed by atoms with Gasteiger partial charge in [-0.1, -0.05) is 0 Å². The summed E-state index contributed by atoms with van der Waals surface area (Å²) in [4.78, 5) is 2.31. The van der Waals surface area contributed by atoms with E-state index in [0.29, 0.717) is 0 Å². The molecule has 0 aliphatic carbocycles. The lowest BCUT2D eigenvalue weighted by Crippen LogP contribution is -2.48. The molecule has 0 radical (unpaired) electrons. The lowest BCUT2D eigenvalue weighted by molar-refractivity contribution is -0.0197. The molecule has 4 heteroatoms. The zero-order chi connectivity index (χ0) is 9.80. The fraction of sp³-hybridized carbons (Fsp3) is 1.00. The molecule has 0 bridgehead atoms. The van der Waals surface area contributed by atoms with Crippen LogP contribution in [0.25, 0.3) is 0 Å². The Kier molecular flexibility index (Phi) is 3.75. The molecule has 0 spiro atoms. The van der Waals surface area contributed by atoms with Crippen molar-refractivity contribution >= 4 is 0 Å². The first-order valence-corrected chi connectivity index (χ1v) is 5.59. The van der Waals surface area contributed by atoms with Gasteiger partial charge < -0.3 is 15.2 Å². The molecule has 0 amide bonds. The number of nitrogens with one attached hydrogen (secondary N) is 1. The van der Waals surface area contributed by atoms with Gasteiger partial charge in [-0.3, -0.25) is 4.90 Å². The molecule has 2 saturated heterocycles. The third kappa shape index (κ3) is 2.67. The van der Waals surface area contributed by atoms with Gasteiger partial charge in [-0.15, -0.1) is 0 Å². The molecule has 14 heavy (non-hydrogen) atoms. The number of hydrogen-bond donors (Lipinski definition) is 2. The second-order valence-electron chi connectivity index (χ2n) is 4.17. The van der Waals surface area contributed by atoms with Crippen LogP contribution in [0.1, 0.15) is 12.8 Å². The van der Waals surface area contributed by atoms with Crippen molar-refractivity contribution in [2.24, 2.45) is 0 Å². The Bertz CT molecular complexity index is 166. The lowest BCUT2D eigenvalue weighted by Gasteiger charge is -2.30.